The van der Waals surface area contributed by atoms with Gasteiger partial charge in [0.25, 0.3) is 0 Å². The molecule has 1 N–H and O–H groups in total. The molecule has 0 bridgehead atoms. The summed E-state index contributed by atoms with van der Waals surface area (Å²) in [4.78, 5) is 10.3. The van der Waals surface area contributed by atoms with Gasteiger partial charge in [0.2, 0.25) is 0 Å². The van der Waals surface area contributed by atoms with Crippen LogP contribution in [0.5, 0.6) is 0 Å². The second-order valence-electron chi connectivity index (χ2n) is 4.37. The quantitative estimate of drug-likeness (QED) is 0.663. The van der Waals surface area contributed by atoms with Crippen molar-refractivity contribution in [2.45, 2.75) is 32.1 Å². The molecule has 0 aromatic rings. The normalized spacial score (nSPS) is 38.3. The van der Waals surface area contributed by atoms with Crippen molar-refractivity contribution in [3.8, 4) is 0 Å². The molecule has 0 spiro atoms. The van der Waals surface area contributed by atoms with E-state index in [1.165, 1.54) is 38.2 Å². The number of fused-ring (bicyclic) bond motifs is 1. The van der Waals surface area contributed by atoms with Crippen LogP contribution in [0.1, 0.15) is 32.1 Å². The summed E-state index contributed by atoms with van der Waals surface area (Å²) in [6.07, 6.45) is 9.74. The molecule has 3 atom stereocenters. The number of allylic oxidation sites excluding steroid dienone is 1. The van der Waals surface area contributed by atoms with Crippen molar-refractivity contribution >= 4 is 5.97 Å². The van der Waals surface area contributed by atoms with Crippen LogP contribution in [-0.4, -0.2) is 11.1 Å². The first-order valence-electron chi connectivity index (χ1n) is 5.17. The van der Waals surface area contributed by atoms with E-state index in [0.29, 0.717) is 5.92 Å². The Morgan fingerprint density at radius 1 is 1.15 bits per heavy atom. The summed E-state index contributed by atoms with van der Waals surface area (Å²) in [6.45, 7) is 0. The highest BCUT2D eigenvalue weighted by Crippen LogP contribution is 2.46. The van der Waals surface area contributed by atoms with Crippen LogP contribution >= 0.6 is 0 Å². The zero-order valence-electron chi connectivity index (χ0n) is 7.78. The Balaban J connectivity index is 1.84. The number of carboxylic acids is 1. The van der Waals surface area contributed by atoms with Gasteiger partial charge in [-0.2, -0.15) is 0 Å². The predicted molar refractivity (Wildman–Crippen MR) is 50.3 cm³/mol. The molecular formula is C11H16O2. The molecule has 0 saturated heterocycles. The lowest BCUT2D eigenvalue weighted by Crippen LogP contribution is -2.32. The van der Waals surface area contributed by atoms with Crippen LogP contribution in [0.25, 0.3) is 0 Å². The molecular weight excluding hydrogens is 164 g/mol. The van der Waals surface area contributed by atoms with Crippen LogP contribution in [0.2, 0.25) is 0 Å². The standard InChI is InChI=1S/C11H16O2/c12-11(13)6-2-8-1-3-9-4-5-10(9)7-8/h2,6,8-10H,1,3-5,7H2,(H,12,13)/b6-2+. The number of carboxylic acid groups (broad SMARTS) is 1. The first-order valence-corrected chi connectivity index (χ1v) is 5.17. The summed E-state index contributed by atoms with van der Waals surface area (Å²) < 4.78 is 0. The smallest absolute Gasteiger partial charge is 0.327 e. The summed E-state index contributed by atoms with van der Waals surface area (Å²) >= 11 is 0. The minimum Gasteiger partial charge on any atom is -0.478 e. The topological polar surface area (TPSA) is 37.3 Å². The molecule has 0 heterocycles. The summed E-state index contributed by atoms with van der Waals surface area (Å²) in [5.74, 6) is 1.63. The molecule has 0 amide bonds. The van der Waals surface area contributed by atoms with Crippen molar-refractivity contribution in [1.29, 1.82) is 0 Å². The first-order chi connectivity index (χ1) is 6.25. The van der Waals surface area contributed by atoms with E-state index in [9.17, 15) is 4.79 Å². The van der Waals surface area contributed by atoms with Crippen LogP contribution in [0.4, 0.5) is 0 Å². The number of hydrogen-bond acceptors (Lipinski definition) is 1. The van der Waals surface area contributed by atoms with Gasteiger partial charge in [-0.25, -0.2) is 4.79 Å². The van der Waals surface area contributed by atoms with Gasteiger partial charge < -0.3 is 5.11 Å². The van der Waals surface area contributed by atoms with E-state index in [0.717, 1.165) is 11.8 Å². The predicted octanol–water partition coefficient (Wildman–Crippen LogP) is 2.45. The number of aliphatic carboxylic acids is 1. The molecule has 3 unspecified atom stereocenters. The lowest BCUT2D eigenvalue weighted by molar-refractivity contribution is -0.131. The lowest BCUT2D eigenvalue weighted by atomic mass is 9.63. The number of carbonyl (C=O) groups is 1. The Morgan fingerprint density at radius 3 is 2.38 bits per heavy atom. The third kappa shape index (κ3) is 1.93. The molecule has 2 saturated carbocycles. The van der Waals surface area contributed by atoms with Crippen LogP contribution < -0.4 is 0 Å². The summed E-state index contributed by atoms with van der Waals surface area (Å²) in [6, 6.07) is 0. The number of hydrogen-bond donors (Lipinski definition) is 1. The Hall–Kier alpha value is -0.790. The number of rotatable bonds is 2. The van der Waals surface area contributed by atoms with Crippen LogP contribution in [0.15, 0.2) is 12.2 Å². The largest absolute Gasteiger partial charge is 0.478 e. The van der Waals surface area contributed by atoms with Crippen molar-refractivity contribution < 1.29 is 9.90 Å². The molecule has 13 heavy (non-hydrogen) atoms. The van der Waals surface area contributed by atoms with Gasteiger partial charge in [-0.3, -0.25) is 0 Å². The van der Waals surface area contributed by atoms with E-state index < -0.39 is 5.97 Å². The van der Waals surface area contributed by atoms with Gasteiger partial charge in [-0.05, 0) is 49.9 Å². The third-order valence-corrected chi connectivity index (χ3v) is 3.60. The monoisotopic (exact) mass is 180 g/mol. The molecule has 0 radical (unpaired) electrons. The summed E-state index contributed by atoms with van der Waals surface area (Å²) in [5.41, 5.74) is 0. The van der Waals surface area contributed by atoms with Crippen LogP contribution in [0, 0.1) is 17.8 Å². The molecule has 2 nitrogen and oxygen atoms in total. The van der Waals surface area contributed by atoms with E-state index in [1.807, 2.05) is 6.08 Å². The molecule has 0 aromatic heterocycles. The van der Waals surface area contributed by atoms with E-state index >= 15 is 0 Å². The minimum absolute atomic E-state index is 0.539. The van der Waals surface area contributed by atoms with Gasteiger partial charge in [-0.15, -0.1) is 0 Å². The highest BCUT2D eigenvalue weighted by atomic mass is 16.4. The third-order valence-electron chi connectivity index (χ3n) is 3.60. The van der Waals surface area contributed by atoms with Gasteiger partial charge in [-0.1, -0.05) is 6.08 Å². The molecule has 0 aliphatic heterocycles. The second-order valence-corrected chi connectivity index (χ2v) is 4.37. The van der Waals surface area contributed by atoms with Crippen LogP contribution in [-0.2, 0) is 4.79 Å². The molecule has 2 aliphatic carbocycles. The fraction of sp³-hybridized carbons (Fsp3) is 0.727. The summed E-state index contributed by atoms with van der Waals surface area (Å²) in [7, 11) is 0. The molecule has 2 fully saturated rings. The molecule has 72 valence electrons. The minimum atomic E-state index is -0.810. The highest BCUT2D eigenvalue weighted by Gasteiger charge is 2.35. The molecule has 2 aliphatic rings. The van der Waals surface area contributed by atoms with Crippen molar-refractivity contribution in [2.75, 3.05) is 0 Å². The zero-order chi connectivity index (χ0) is 9.26. The fourth-order valence-corrected chi connectivity index (χ4v) is 2.66. The Kier molecular flexibility index (Phi) is 2.38. The van der Waals surface area contributed by atoms with Gasteiger partial charge in [0.05, 0.1) is 0 Å². The fourth-order valence-electron chi connectivity index (χ4n) is 2.66. The SMILES string of the molecule is O=C(O)/C=C/C1CCC2CCC2C1. The molecule has 2 rings (SSSR count). The Bertz CT molecular complexity index is 232. The van der Waals surface area contributed by atoms with Gasteiger partial charge in [0.15, 0.2) is 0 Å². The van der Waals surface area contributed by atoms with Crippen molar-refractivity contribution in [3.05, 3.63) is 12.2 Å². The van der Waals surface area contributed by atoms with Crippen LogP contribution in [0.3, 0.4) is 0 Å². The van der Waals surface area contributed by atoms with Gasteiger partial charge in [0.1, 0.15) is 0 Å². The second kappa shape index (κ2) is 3.52. The maximum absolute atomic E-state index is 10.3. The highest BCUT2D eigenvalue weighted by molar-refractivity contribution is 5.79. The average Bonchev–Trinajstić information content (AvgIpc) is 2.05. The van der Waals surface area contributed by atoms with E-state index in [4.69, 9.17) is 5.11 Å². The zero-order valence-corrected chi connectivity index (χ0v) is 7.78. The lowest BCUT2D eigenvalue weighted by Gasteiger charge is -2.43. The van der Waals surface area contributed by atoms with Gasteiger partial charge >= 0.3 is 5.97 Å². The first kappa shape index (κ1) is 8.79. The summed E-state index contributed by atoms with van der Waals surface area (Å²) in [5, 5.41) is 8.49. The molecule has 0 aromatic carbocycles. The van der Waals surface area contributed by atoms with Crippen molar-refractivity contribution in [3.63, 3.8) is 0 Å². The Labute approximate surface area is 78.6 Å². The van der Waals surface area contributed by atoms with E-state index in [1.54, 1.807) is 0 Å². The van der Waals surface area contributed by atoms with Crippen molar-refractivity contribution in [2.24, 2.45) is 17.8 Å². The molecule has 2 heteroatoms. The van der Waals surface area contributed by atoms with Gasteiger partial charge in [0, 0.05) is 6.08 Å². The maximum Gasteiger partial charge on any atom is 0.327 e. The van der Waals surface area contributed by atoms with E-state index in [-0.39, 0.29) is 0 Å². The van der Waals surface area contributed by atoms with Crippen molar-refractivity contribution in [1.82, 2.24) is 0 Å². The Morgan fingerprint density at radius 2 is 1.85 bits per heavy atom. The van der Waals surface area contributed by atoms with E-state index in [2.05, 4.69) is 0 Å². The average molecular weight is 180 g/mol. The maximum atomic E-state index is 10.3.